The maximum Gasteiger partial charge on any atom is 0.416 e. The summed E-state index contributed by atoms with van der Waals surface area (Å²) < 4.78 is 72.3. The normalized spacial score (nSPS) is 13.2. The molecular weight excluding hydrogens is 512 g/mol. The standard InChI is InChI=1S/C23H21Cl2F3N2O3S/c1-30(2)14-22(15-3-12-20(24)21(25)13-15)29-34(31,32)19-10-8-18(9-11-19)33-17-6-4-16(5-7-17)23(26,27)28/h3-13,22,29H,14H2,1-2H3. The molecule has 0 aliphatic carbocycles. The van der Waals surface area contributed by atoms with E-state index in [9.17, 15) is 21.6 Å². The second-order valence-electron chi connectivity index (χ2n) is 7.71. The van der Waals surface area contributed by atoms with Crippen LogP contribution in [0.1, 0.15) is 17.2 Å². The van der Waals surface area contributed by atoms with Gasteiger partial charge < -0.3 is 9.64 Å². The fraction of sp³-hybridized carbons (Fsp3) is 0.217. The summed E-state index contributed by atoms with van der Waals surface area (Å²) in [6, 6.07) is 14.1. The highest BCUT2D eigenvalue weighted by atomic mass is 35.5. The number of ether oxygens (including phenoxy) is 1. The molecule has 0 heterocycles. The number of benzene rings is 3. The molecule has 5 nitrogen and oxygen atoms in total. The fourth-order valence-electron chi connectivity index (χ4n) is 3.10. The Morgan fingerprint density at radius 1 is 0.912 bits per heavy atom. The van der Waals surface area contributed by atoms with E-state index in [-0.39, 0.29) is 16.4 Å². The number of alkyl halides is 3. The first-order valence-electron chi connectivity index (χ1n) is 9.92. The lowest BCUT2D eigenvalue weighted by Crippen LogP contribution is -2.35. The van der Waals surface area contributed by atoms with Crippen molar-refractivity contribution in [2.45, 2.75) is 17.1 Å². The van der Waals surface area contributed by atoms with Crippen LogP contribution in [0.15, 0.2) is 71.6 Å². The molecule has 0 bridgehead atoms. The Bertz CT molecular complexity index is 1230. The summed E-state index contributed by atoms with van der Waals surface area (Å²) in [5.74, 6) is 0.459. The van der Waals surface area contributed by atoms with E-state index in [1.807, 2.05) is 19.0 Å². The molecule has 0 aliphatic heterocycles. The van der Waals surface area contributed by atoms with Crippen molar-refractivity contribution in [2.24, 2.45) is 0 Å². The third-order valence-electron chi connectivity index (χ3n) is 4.74. The van der Waals surface area contributed by atoms with Crippen LogP contribution < -0.4 is 9.46 Å². The molecule has 0 aromatic heterocycles. The van der Waals surface area contributed by atoms with Crippen molar-refractivity contribution in [1.82, 2.24) is 9.62 Å². The molecule has 0 radical (unpaired) electrons. The first-order valence-corrected chi connectivity index (χ1v) is 12.2. The highest BCUT2D eigenvalue weighted by Gasteiger charge is 2.30. The topological polar surface area (TPSA) is 58.6 Å². The average Bonchev–Trinajstić information content (AvgIpc) is 2.75. The molecule has 1 N–H and O–H groups in total. The first-order chi connectivity index (χ1) is 15.8. The number of halogens is 5. The third-order valence-corrected chi connectivity index (χ3v) is 6.97. The lowest BCUT2D eigenvalue weighted by Gasteiger charge is -2.23. The van der Waals surface area contributed by atoms with Gasteiger partial charge in [-0.3, -0.25) is 0 Å². The number of sulfonamides is 1. The van der Waals surface area contributed by atoms with Crippen molar-refractivity contribution in [3.05, 3.63) is 87.9 Å². The van der Waals surface area contributed by atoms with Gasteiger partial charge in [0, 0.05) is 6.54 Å². The molecule has 34 heavy (non-hydrogen) atoms. The van der Waals surface area contributed by atoms with Gasteiger partial charge >= 0.3 is 6.18 Å². The van der Waals surface area contributed by atoms with Crippen LogP contribution in [-0.2, 0) is 16.2 Å². The molecule has 182 valence electrons. The zero-order valence-corrected chi connectivity index (χ0v) is 20.4. The maximum atomic E-state index is 13.0. The Labute approximate surface area is 206 Å². The second kappa shape index (κ2) is 10.5. The van der Waals surface area contributed by atoms with Crippen LogP contribution in [0.4, 0.5) is 13.2 Å². The van der Waals surface area contributed by atoms with Crippen molar-refractivity contribution >= 4 is 33.2 Å². The number of nitrogens with zero attached hydrogens (tertiary/aromatic N) is 1. The highest BCUT2D eigenvalue weighted by molar-refractivity contribution is 7.89. The molecule has 0 saturated heterocycles. The molecule has 1 unspecified atom stereocenters. The maximum absolute atomic E-state index is 13.0. The van der Waals surface area contributed by atoms with Gasteiger partial charge in [-0.15, -0.1) is 0 Å². The summed E-state index contributed by atoms with van der Waals surface area (Å²) in [5.41, 5.74) is -0.143. The minimum Gasteiger partial charge on any atom is -0.457 e. The average molecular weight is 533 g/mol. The fourth-order valence-corrected chi connectivity index (χ4v) is 4.62. The predicted octanol–water partition coefficient (Wildman–Crippen LogP) is 6.39. The smallest absolute Gasteiger partial charge is 0.416 e. The number of likely N-dealkylation sites (N-methyl/N-ethyl adjacent to an activating group) is 1. The molecule has 3 aromatic carbocycles. The van der Waals surface area contributed by atoms with Gasteiger partial charge in [0.1, 0.15) is 11.5 Å². The lowest BCUT2D eigenvalue weighted by molar-refractivity contribution is -0.137. The van der Waals surface area contributed by atoms with Crippen LogP contribution in [0.25, 0.3) is 0 Å². The predicted molar refractivity (Wildman–Crippen MR) is 126 cm³/mol. The molecule has 0 fully saturated rings. The summed E-state index contributed by atoms with van der Waals surface area (Å²) in [6.45, 7) is 0.367. The molecular formula is C23H21Cl2F3N2O3S. The van der Waals surface area contributed by atoms with E-state index in [2.05, 4.69) is 4.72 Å². The Balaban J connectivity index is 1.76. The summed E-state index contributed by atoms with van der Waals surface area (Å²) in [4.78, 5) is 1.83. The van der Waals surface area contributed by atoms with Crippen LogP contribution in [-0.4, -0.2) is 34.0 Å². The van der Waals surface area contributed by atoms with Crippen molar-refractivity contribution in [3.8, 4) is 11.5 Å². The minimum atomic E-state index is -4.44. The number of rotatable bonds is 8. The van der Waals surface area contributed by atoms with Gasteiger partial charge in [0.05, 0.1) is 26.5 Å². The van der Waals surface area contributed by atoms with E-state index in [0.29, 0.717) is 22.2 Å². The monoisotopic (exact) mass is 532 g/mol. The number of hydrogen-bond donors (Lipinski definition) is 1. The van der Waals surface area contributed by atoms with Crippen LogP contribution in [0.3, 0.4) is 0 Å². The quantitative estimate of drug-likeness (QED) is 0.365. The van der Waals surface area contributed by atoms with E-state index < -0.39 is 27.8 Å². The number of hydrogen-bond acceptors (Lipinski definition) is 4. The van der Waals surface area contributed by atoms with Gasteiger partial charge in [-0.25, -0.2) is 13.1 Å². The molecule has 3 aromatic rings. The van der Waals surface area contributed by atoms with E-state index >= 15 is 0 Å². The molecule has 11 heteroatoms. The largest absolute Gasteiger partial charge is 0.457 e. The van der Waals surface area contributed by atoms with Gasteiger partial charge in [-0.05, 0) is 80.3 Å². The zero-order valence-electron chi connectivity index (χ0n) is 18.1. The lowest BCUT2D eigenvalue weighted by atomic mass is 10.1. The van der Waals surface area contributed by atoms with E-state index in [4.69, 9.17) is 27.9 Å². The van der Waals surface area contributed by atoms with E-state index in [1.165, 1.54) is 36.4 Å². The Kier molecular flexibility index (Phi) is 8.15. The highest BCUT2D eigenvalue weighted by Crippen LogP contribution is 2.32. The summed E-state index contributed by atoms with van der Waals surface area (Å²) in [6.07, 6.45) is -4.44. The molecule has 3 rings (SSSR count). The molecule has 0 aliphatic rings. The Hall–Kier alpha value is -2.30. The van der Waals surface area contributed by atoms with E-state index in [0.717, 1.165) is 12.1 Å². The van der Waals surface area contributed by atoms with Crippen molar-refractivity contribution in [1.29, 1.82) is 0 Å². The SMILES string of the molecule is CN(C)CC(NS(=O)(=O)c1ccc(Oc2ccc(C(F)(F)F)cc2)cc1)c1ccc(Cl)c(Cl)c1. The number of nitrogens with one attached hydrogen (secondary N) is 1. The molecule has 0 saturated carbocycles. The second-order valence-corrected chi connectivity index (χ2v) is 10.2. The van der Waals surface area contributed by atoms with Crippen molar-refractivity contribution < 1.29 is 26.3 Å². The Morgan fingerprint density at radius 3 is 1.97 bits per heavy atom. The zero-order chi connectivity index (χ0) is 25.1. The van der Waals surface area contributed by atoms with Gasteiger partial charge in [-0.2, -0.15) is 13.2 Å². The van der Waals surface area contributed by atoms with E-state index in [1.54, 1.807) is 18.2 Å². The van der Waals surface area contributed by atoms with Crippen LogP contribution >= 0.6 is 23.2 Å². The van der Waals surface area contributed by atoms with Gasteiger partial charge in [0.2, 0.25) is 10.0 Å². The first kappa shape index (κ1) is 26.3. The van der Waals surface area contributed by atoms with Gasteiger partial charge in [0.15, 0.2) is 0 Å². The van der Waals surface area contributed by atoms with Crippen molar-refractivity contribution in [3.63, 3.8) is 0 Å². The summed E-state index contributed by atoms with van der Waals surface area (Å²) in [5, 5.41) is 0.674. The minimum absolute atomic E-state index is 0.00362. The molecule has 0 spiro atoms. The van der Waals surface area contributed by atoms with Crippen molar-refractivity contribution in [2.75, 3.05) is 20.6 Å². The third kappa shape index (κ3) is 6.86. The summed E-state index contributed by atoms with van der Waals surface area (Å²) >= 11 is 12.1. The molecule has 0 amide bonds. The Morgan fingerprint density at radius 2 is 1.47 bits per heavy atom. The summed E-state index contributed by atoms with van der Waals surface area (Å²) in [7, 11) is -0.298. The van der Waals surface area contributed by atoms with Gasteiger partial charge in [-0.1, -0.05) is 29.3 Å². The van der Waals surface area contributed by atoms with Crippen LogP contribution in [0, 0.1) is 0 Å². The van der Waals surface area contributed by atoms with Crippen LogP contribution in [0.2, 0.25) is 10.0 Å². The van der Waals surface area contributed by atoms with Gasteiger partial charge in [0.25, 0.3) is 0 Å². The van der Waals surface area contributed by atoms with Crippen LogP contribution in [0.5, 0.6) is 11.5 Å². The molecule has 1 atom stereocenters.